The maximum atomic E-state index is 13.4. The maximum Gasteiger partial charge on any atom is 0.445 e. The van der Waals surface area contributed by atoms with Crippen molar-refractivity contribution in [2.45, 2.75) is 42.4 Å². The summed E-state index contributed by atoms with van der Waals surface area (Å²) in [7, 11) is -4.04. The number of piperazine rings is 1. The summed E-state index contributed by atoms with van der Waals surface area (Å²) in [6.45, 7) is 3.64. The Labute approximate surface area is 213 Å². The van der Waals surface area contributed by atoms with Gasteiger partial charge in [0.25, 0.3) is 0 Å². The average molecular weight is 558 g/mol. The Kier molecular flexibility index (Phi) is 5.53. The van der Waals surface area contributed by atoms with Crippen molar-refractivity contribution < 1.29 is 31.1 Å². The van der Waals surface area contributed by atoms with Gasteiger partial charge in [0.15, 0.2) is 10.8 Å². The first-order valence-electron chi connectivity index (χ1n) is 11.5. The van der Waals surface area contributed by atoms with Gasteiger partial charge in [-0.05, 0) is 19.4 Å². The van der Waals surface area contributed by atoms with Crippen LogP contribution in [0.3, 0.4) is 0 Å². The number of imidazole rings is 1. The summed E-state index contributed by atoms with van der Waals surface area (Å²) in [5, 5.41) is 5.70. The fraction of sp³-hybridized carbons (Fsp3) is 0.524. The summed E-state index contributed by atoms with van der Waals surface area (Å²) in [6, 6.07) is 1.55. The predicted molar refractivity (Wildman–Crippen MR) is 126 cm³/mol. The van der Waals surface area contributed by atoms with E-state index in [9.17, 15) is 26.4 Å². The van der Waals surface area contributed by atoms with Gasteiger partial charge in [-0.3, -0.25) is 9.20 Å². The van der Waals surface area contributed by atoms with E-state index in [4.69, 9.17) is 4.74 Å². The molecule has 0 bridgehead atoms. The number of ether oxygens (including phenoxy) is 1. The van der Waals surface area contributed by atoms with Crippen molar-refractivity contribution in [3.8, 4) is 10.8 Å². The van der Waals surface area contributed by atoms with Crippen LogP contribution in [0.15, 0.2) is 23.4 Å². The summed E-state index contributed by atoms with van der Waals surface area (Å²) < 4.78 is 75.6. The predicted octanol–water partition coefficient (Wildman–Crippen LogP) is 1.75. The second-order valence-corrected chi connectivity index (χ2v) is 12.4. The Morgan fingerprint density at radius 1 is 1.24 bits per heavy atom. The molecule has 0 radical (unpaired) electrons. The Morgan fingerprint density at radius 3 is 2.70 bits per heavy atom. The van der Waals surface area contributed by atoms with Gasteiger partial charge in [0.1, 0.15) is 4.90 Å². The number of alkyl halides is 3. The van der Waals surface area contributed by atoms with E-state index < -0.39 is 26.7 Å². The molecule has 6 rings (SSSR count). The zero-order valence-electron chi connectivity index (χ0n) is 19.5. The molecule has 37 heavy (non-hydrogen) atoms. The van der Waals surface area contributed by atoms with Crippen LogP contribution in [0.1, 0.15) is 24.8 Å². The Balaban J connectivity index is 1.46. The molecular weight excluding hydrogens is 535 g/mol. The molecule has 6 heterocycles. The highest BCUT2D eigenvalue weighted by atomic mass is 32.2. The molecule has 3 aromatic heterocycles. The van der Waals surface area contributed by atoms with Gasteiger partial charge >= 0.3 is 6.18 Å². The monoisotopic (exact) mass is 557 g/mol. The minimum Gasteiger partial charge on any atom is -0.377 e. The molecule has 1 unspecified atom stereocenters. The average Bonchev–Trinajstić information content (AvgIpc) is 3.55. The number of sulfonamides is 1. The van der Waals surface area contributed by atoms with E-state index in [1.807, 2.05) is 9.80 Å². The lowest BCUT2D eigenvalue weighted by atomic mass is 10.0. The third-order valence-corrected chi connectivity index (χ3v) is 9.39. The summed E-state index contributed by atoms with van der Waals surface area (Å²) >= 11 is 0.333. The largest absolute Gasteiger partial charge is 0.445 e. The number of anilines is 1. The van der Waals surface area contributed by atoms with Crippen molar-refractivity contribution in [2.75, 3.05) is 37.7 Å². The highest BCUT2D eigenvalue weighted by molar-refractivity contribution is 7.89. The Bertz CT molecular complexity index is 1500. The number of pyridine rings is 1. The van der Waals surface area contributed by atoms with Crippen LogP contribution < -0.4 is 9.62 Å². The highest BCUT2D eigenvalue weighted by Crippen LogP contribution is 2.37. The number of hydrogen-bond acceptors (Lipinski definition) is 9. The van der Waals surface area contributed by atoms with Crippen molar-refractivity contribution in [1.29, 1.82) is 0 Å². The van der Waals surface area contributed by atoms with Crippen LogP contribution in [0.25, 0.3) is 16.3 Å². The van der Waals surface area contributed by atoms with Crippen molar-refractivity contribution in [3.05, 3.63) is 23.5 Å². The number of carbonyl (C=O) groups is 1. The normalized spacial score (nSPS) is 21.9. The number of nitrogens with zero attached hydrogens (tertiary/aromatic N) is 6. The van der Waals surface area contributed by atoms with E-state index in [2.05, 4.69) is 19.9 Å². The maximum absolute atomic E-state index is 13.4. The summed E-state index contributed by atoms with van der Waals surface area (Å²) in [6.07, 6.45) is -0.667. The smallest absolute Gasteiger partial charge is 0.377 e. The first kappa shape index (κ1) is 24.5. The molecule has 1 N–H and O–H groups in total. The molecule has 0 aromatic carbocycles. The van der Waals surface area contributed by atoms with Crippen molar-refractivity contribution in [2.24, 2.45) is 0 Å². The minimum atomic E-state index is -4.66. The van der Waals surface area contributed by atoms with Gasteiger partial charge in [0, 0.05) is 38.3 Å². The van der Waals surface area contributed by atoms with Crippen LogP contribution in [0.2, 0.25) is 0 Å². The topological polar surface area (TPSA) is 122 Å². The summed E-state index contributed by atoms with van der Waals surface area (Å²) in [4.78, 5) is 20.2. The number of aromatic nitrogens is 4. The SMILES string of the molecule is CC1(NS(=O)(=O)c2cc(N3CCN4C(=O)CCC4C3)c3cnc(-c4nnc(C(F)(F)F)s4)n3c2)COC1. The molecule has 11 nitrogen and oxygen atoms in total. The van der Waals surface area contributed by atoms with Crippen LogP contribution >= 0.6 is 11.3 Å². The van der Waals surface area contributed by atoms with Gasteiger partial charge in [0.05, 0.1) is 36.2 Å². The Hall–Kier alpha value is -2.82. The van der Waals surface area contributed by atoms with Crippen LogP contribution in [0.5, 0.6) is 0 Å². The van der Waals surface area contributed by atoms with Crippen molar-refractivity contribution in [3.63, 3.8) is 0 Å². The molecule has 0 saturated carbocycles. The number of amides is 1. The molecule has 0 aliphatic carbocycles. The molecule has 3 aliphatic heterocycles. The summed E-state index contributed by atoms with van der Waals surface area (Å²) in [5.74, 6) is 0.156. The molecule has 3 aliphatic rings. The second kappa shape index (κ2) is 8.34. The second-order valence-electron chi connectivity index (χ2n) is 9.69. The molecule has 3 saturated heterocycles. The number of fused-ring (bicyclic) bond motifs is 2. The van der Waals surface area contributed by atoms with Gasteiger partial charge in [-0.2, -0.15) is 13.2 Å². The molecule has 16 heteroatoms. The van der Waals surface area contributed by atoms with E-state index in [-0.39, 0.29) is 40.9 Å². The van der Waals surface area contributed by atoms with Gasteiger partial charge in [-0.25, -0.2) is 18.1 Å². The van der Waals surface area contributed by atoms with E-state index in [0.29, 0.717) is 55.0 Å². The van der Waals surface area contributed by atoms with Gasteiger partial charge in [-0.15, -0.1) is 10.2 Å². The van der Waals surface area contributed by atoms with E-state index >= 15 is 0 Å². The Morgan fingerprint density at radius 2 is 2.03 bits per heavy atom. The number of halogens is 3. The van der Waals surface area contributed by atoms with Crippen LogP contribution in [0.4, 0.5) is 18.9 Å². The standard InChI is InChI=1S/C21H22F3N7O4S2/c1-20(10-35-11-20)28-37(33,34)13-6-14(29-4-5-30-12(8-29)2-3-16(30)32)15-7-25-17(31(15)9-13)18-26-27-19(36-18)21(22,23)24/h6-7,9,12,28H,2-5,8,10-11H2,1H3. The zero-order valence-corrected chi connectivity index (χ0v) is 21.2. The number of rotatable bonds is 5. The number of carbonyl (C=O) groups excluding carboxylic acids is 1. The molecular formula is C21H22F3N7O4S2. The van der Waals surface area contributed by atoms with Crippen LogP contribution in [-0.2, 0) is 25.7 Å². The molecule has 0 spiro atoms. The summed E-state index contributed by atoms with van der Waals surface area (Å²) in [5.41, 5.74) is 0.299. The highest BCUT2D eigenvalue weighted by Gasteiger charge is 2.40. The van der Waals surface area contributed by atoms with E-state index in [0.717, 1.165) is 0 Å². The van der Waals surface area contributed by atoms with Crippen molar-refractivity contribution >= 4 is 38.5 Å². The molecule has 198 valence electrons. The van der Waals surface area contributed by atoms with Crippen LogP contribution in [0, 0.1) is 0 Å². The first-order chi connectivity index (χ1) is 17.4. The molecule has 1 atom stereocenters. The molecule has 1 amide bonds. The number of nitrogens with one attached hydrogen (secondary N) is 1. The lowest BCUT2D eigenvalue weighted by Gasteiger charge is -2.39. The lowest BCUT2D eigenvalue weighted by Crippen LogP contribution is -2.59. The van der Waals surface area contributed by atoms with E-state index in [1.165, 1.54) is 16.8 Å². The quantitative estimate of drug-likeness (QED) is 0.504. The fourth-order valence-corrected chi connectivity index (χ4v) is 7.07. The van der Waals surface area contributed by atoms with Crippen molar-refractivity contribution in [1.82, 2.24) is 29.2 Å². The third kappa shape index (κ3) is 4.24. The number of hydrogen-bond donors (Lipinski definition) is 1. The fourth-order valence-electron chi connectivity index (χ4n) is 4.97. The lowest BCUT2D eigenvalue weighted by molar-refractivity contribution is -0.138. The third-order valence-electron chi connectivity index (χ3n) is 6.82. The van der Waals surface area contributed by atoms with Gasteiger partial charge in [0.2, 0.25) is 20.9 Å². The van der Waals surface area contributed by atoms with E-state index in [1.54, 1.807) is 13.0 Å². The first-order valence-corrected chi connectivity index (χ1v) is 13.8. The molecule has 3 fully saturated rings. The molecule has 3 aromatic rings. The van der Waals surface area contributed by atoms with Crippen LogP contribution in [-0.4, -0.2) is 83.2 Å². The van der Waals surface area contributed by atoms with Gasteiger partial charge in [-0.1, -0.05) is 11.3 Å². The van der Waals surface area contributed by atoms with Gasteiger partial charge < -0.3 is 14.5 Å². The minimum absolute atomic E-state index is 0.00521. The zero-order chi connectivity index (χ0) is 26.2.